The van der Waals surface area contributed by atoms with Gasteiger partial charge in [-0.15, -0.1) is 0 Å². The van der Waals surface area contributed by atoms with E-state index < -0.39 is 5.97 Å². The Bertz CT molecular complexity index is 449. The van der Waals surface area contributed by atoms with E-state index >= 15 is 0 Å². The maximum absolute atomic E-state index is 11.7. The fourth-order valence-corrected chi connectivity index (χ4v) is 2.76. The molecule has 6 heteroatoms. The third-order valence-corrected chi connectivity index (χ3v) is 3.95. The van der Waals surface area contributed by atoms with Crippen LogP contribution in [-0.4, -0.2) is 35.9 Å². The quantitative estimate of drug-likeness (QED) is 0.381. The molecule has 0 saturated heterocycles. The summed E-state index contributed by atoms with van der Waals surface area (Å²) in [7, 11) is 0. The standard InChI is InChI=1S/C16H26N2O4/c1-4-22-16(21)11-5-7-12(8-6-11)18-14(10(2)3)13(9-17)15(19)20/h9-12,17-18H,4-8H2,1-3H3,(H,19,20)/b14-13+,17-9?/t11-,12-. The van der Waals surface area contributed by atoms with Gasteiger partial charge in [-0.25, -0.2) is 4.79 Å². The van der Waals surface area contributed by atoms with Crippen LogP contribution in [-0.2, 0) is 14.3 Å². The highest BCUT2D eigenvalue weighted by atomic mass is 16.5. The minimum Gasteiger partial charge on any atom is -0.478 e. The van der Waals surface area contributed by atoms with Crippen LogP contribution in [0.25, 0.3) is 0 Å². The van der Waals surface area contributed by atoms with Crippen LogP contribution in [0, 0.1) is 17.2 Å². The number of rotatable bonds is 7. The molecule has 6 nitrogen and oxygen atoms in total. The number of carboxylic acids is 1. The molecule has 1 fully saturated rings. The summed E-state index contributed by atoms with van der Waals surface area (Å²) in [6.45, 7) is 6.01. The van der Waals surface area contributed by atoms with Crippen molar-refractivity contribution in [3.05, 3.63) is 11.3 Å². The Morgan fingerprint density at radius 3 is 2.32 bits per heavy atom. The van der Waals surface area contributed by atoms with E-state index in [2.05, 4.69) is 5.32 Å². The molecule has 3 N–H and O–H groups in total. The largest absolute Gasteiger partial charge is 0.478 e. The molecule has 0 aliphatic heterocycles. The lowest BCUT2D eigenvalue weighted by Gasteiger charge is -2.30. The van der Waals surface area contributed by atoms with Crippen molar-refractivity contribution in [1.29, 1.82) is 5.41 Å². The maximum atomic E-state index is 11.7. The van der Waals surface area contributed by atoms with Gasteiger partial charge in [0.1, 0.15) is 0 Å². The summed E-state index contributed by atoms with van der Waals surface area (Å²) in [5.41, 5.74) is 0.588. The van der Waals surface area contributed by atoms with Crippen molar-refractivity contribution in [3.63, 3.8) is 0 Å². The average Bonchev–Trinajstić information content (AvgIpc) is 2.47. The molecular formula is C16H26N2O4. The van der Waals surface area contributed by atoms with Gasteiger partial charge in [0.2, 0.25) is 0 Å². The molecule has 0 aromatic rings. The molecule has 0 aromatic heterocycles. The Hall–Kier alpha value is -1.85. The number of hydrogen-bond donors (Lipinski definition) is 3. The van der Waals surface area contributed by atoms with E-state index in [4.69, 9.17) is 10.1 Å². The second-order valence-electron chi connectivity index (χ2n) is 5.88. The molecule has 0 atom stereocenters. The summed E-state index contributed by atoms with van der Waals surface area (Å²) in [6, 6.07) is 0.136. The zero-order valence-corrected chi connectivity index (χ0v) is 13.5. The van der Waals surface area contributed by atoms with Gasteiger partial charge in [0.25, 0.3) is 0 Å². The van der Waals surface area contributed by atoms with Gasteiger partial charge in [-0.3, -0.25) is 4.79 Å². The van der Waals surface area contributed by atoms with E-state index in [-0.39, 0.29) is 29.4 Å². The van der Waals surface area contributed by atoms with Gasteiger partial charge in [0, 0.05) is 18.0 Å². The molecule has 0 radical (unpaired) electrons. The van der Waals surface area contributed by atoms with Gasteiger partial charge in [-0.05, 0) is 38.5 Å². The summed E-state index contributed by atoms with van der Waals surface area (Å²) in [4.78, 5) is 22.9. The summed E-state index contributed by atoms with van der Waals surface area (Å²) >= 11 is 0. The van der Waals surface area contributed by atoms with E-state index in [1.165, 1.54) is 0 Å². The predicted octanol–water partition coefficient (Wildman–Crippen LogP) is 2.34. The van der Waals surface area contributed by atoms with Gasteiger partial charge in [0.15, 0.2) is 0 Å². The third-order valence-electron chi connectivity index (χ3n) is 3.95. The number of carbonyl (C=O) groups is 2. The Morgan fingerprint density at radius 1 is 1.32 bits per heavy atom. The van der Waals surface area contributed by atoms with Crippen LogP contribution >= 0.6 is 0 Å². The molecular weight excluding hydrogens is 284 g/mol. The number of hydrogen-bond acceptors (Lipinski definition) is 5. The Kier molecular flexibility index (Phi) is 7.08. The smallest absolute Gasteiger partial charge is 0.339 e. The zero-order chi connectivity index (χ0) is 16.7. The minimum atomic E-state index is -1.09. The van der Waals surface area contributed by atoms with E-state index in [1.807, 2.05) is 13.8 Å². The van der Waals surface area contributed by atoms with Crippen LogP contribution in [0.1, 0.15) is 46.5 Å². The number of carboxylic acid groups (broad SMARTS) is 1. The first kappa shape index (κ1) is 18.2. The van der Waals surface area contributed by atoms with Crippen LogP contribution in [0.4, 0.5) is 0 Å². The summed E-state index contributed by atoms with van der Waals surface area (Å²) < 4.78 is 5.05. The van der Waals surface area contributed by atoms with Crippen molar-refractivity contribution in [2.75, 3.05) is 6.61 Å². The van der Waals surface area contributed by atoms with Crippen molar-refractivity contribution >= 4 is 18.2 Å². The fourth-order valence-electron chi connectivity index (χ4n) is 2.76. The van der Waals surface area contributed by atoms with Crippen LogP contribution < -0.4 is 5.32 Å². The molecule has 1 aliphatic rings. The van der Waals surface area contributed by atoms with Crippen molar-refractivity contribution in [1.82, 2.24) is 5.32 Å². The zero-order valence-electron chi connectivity index (χ0n) is 13.5. The van der Waals surface area contributed by atoms with Crippen molar-refractivity contribution in [2.24, 2.45) is 11.8 Å². The van der Waals surface area contributed by atoms with E-state index in [9.17, 15) is 14.7 Å². The predicted molar refractivity (Wildman–Crippen MR) is 83.8 cm³/mol. The first-order valence-corrected chi connectivity index (χ1v) is 7.81. The monoisotopic (exact) mass is 310 g/mol. The highest BCUT2D eigenvalue weighted by Gasteiger charge is 2.28. The number of aliphatic carboxylic acids is 1. The minimum absolute atomic E-state index is 0.00233. The van der Waals surface area contributed by atoms with Gasteiger partial charge in [-0.1, -0.05) is 13.8 Å². The highest BCUT2D eigenvalue weighted by Crippen LogP contribution is 2.27. The summed E-state index contributed by atoms with van der Waals surface area (Å²) in [5, 5.41) is 19.8. The number of esters is 1. The van der Waals surface area contributed by atoms with Crippen LogP contribution in [0.3, 0.4) is 0 Å². The average molecular weight is 310 g/mol. The first-order valence-electron chi connectivity index (χ1n) is 7.81. The normalized spacial score (nSPS) is 22.7. The molecule has 0 spiro atoms. The van der Waals surface area contributed by atoms with Gasteiger partial charge >= 0.3 is 11.9 Å². The van der Waals surface area contributed by atoms with Crippen LogP contribution in [0.15, 0.2) is 11.3 Å². The Labute approximate surface area is 131 Å². The summed E-state index contributed by atoms with van der Waals surface area (Å²) in [5.74, 6) is -1.28. The van der Waals surface area contributed by atoms with Crippen molar-refractivity contribution in [3.8, 4) is 0 Å². The molecule has 0 bridgehead atoms. The summed E-state index contributed by atoms with van der Waals surface area (Å²) in [6.07, 6.45) is 3.97. The molecule has 0 aromatic carbocycles. The van der Waals surface area contributed by atoms with Crippen LogP contribution in [0.2, 0.25) is 0 Å². The van der Waals surface area contributed by atoms with Gasteiger partial charge in [0.05, 0.1) is 18.1 Å². The second kappa shape index (κ2) is 8.56. The fraction of sp³-hybridized carbons (Fsp3) is 0.688. The lowest BCUT2D eigenvalue weighted by molar-refractivity contribution is -0.149. The van der Waals surface area contributed by atoms with E-state index in [0.29, 0.717) is 12.3 Å². The second-order valence-corrected chi connectivity index (χ2v) is 5.88. The van der Waals surface area contributed by atoms with Gasteiger partial charge in [-0.2, -0.15) is 0 Å². The van der Waals surface area contributed by atoms with Gasteiger partial charge < -0.3 is 20.6 Å². The lowest BCUT2D eigenvalue weighted by atomic mass is 9.85. The first-order chi connectivity index (χ1) is 10.4. The van der Waals surface area contributed by atoms with E-state index in [1.54, 1.807) is 6.92 Å². The topological polar surface area (TPSA) is 99.5 Å². The maximum Gasteiger partial charge on any atom is 0.339 e. The Morgan fingerprint density at radius 2 is 1.91 bits per heavy atom. The molecule has 1 saturated carbocycles. The van der Waals surface area contributed by atoms with Crippen molar-refractivity contribution in [2.45, 2.75) is 52.5 Å². The molecule has 22 heavy (non-hydrogen) atoms. The molecule has 124 valence electrons. The van der Waals surface area contributed by atoms with Crippen molar-refractivity contribution < 1.29 is 19.4 Å². The molecule has 0 heterocycles. The third kappa shape index (κ3) is 4.86. The SMILES string of the molecule is CCOC(=O)[C@H]1CC[C@H](N/C(=C(\C=N)C(=O)O)C(C)C)CC1. The number of allylic oxidation sites excluding steroid dienone is 1. The van der Waals surface area contributed by atoms with E-state index in [0.717, 1.165) is 31.9 Å². The molecule has 0 amide bonds. The number of carbonyl (C=O) groups excluding carboxylic acids is 1. The van der Waals surface area contributed by atoms with Crippen LogP contribution in [0.5, 0.6) is 0 Å². The molecule has 0 unspecified atom stereocenters. The highest BCUT2D eigenvalue weighted by molar-refractivity contribution is 6.08. The number of nitrogens with one attached hydrogen (secondary N) is 2. The lowest BCUT2D eigenvalue weighted by Crippen LogP contribution is -2.37. The molecule has 1 aliphatic carbocycles. The molecule has 1 rings (SSSR count). The Balaban J connectivity index is 2.69. The number of ether oxygens (including phenoxy) is 1.